The quantitative estimate of drug-likeness (QED) is 0.294. The topological polar surface area (TPSA) is 90.0 Å². The minimum absolute atomic E-state index is 0.248. The summed E-state index contributed by atoms with van der Waals surface area (Å²) in [5.74, 6) is -3.06. The fraction of sp³-hybridized carbons (Fsp3) is 0.267. The summed E-state index contributed by atoms with van der Waals surface area (Å²) in [5, 5.41) is 0. The van der Waals surface area contributed by atoms with Crippen LogP contribution in [0.5, 0.6) is 5.75 Å². The average molecular weight is 496 g/mol. The van der Waals surface area contributed by atoms with Gasteiger partial charge >= 0.3 is 5.97 Å². The number of esters is 1. The molecule has 7 heteroatoms. The minimum Gasteiger partial charge on any atom is -0.497 e. The van der Waals surface area contributed by atoms with Gasteiger partial charge in [-0.25, -0.2) is 4.79 Å². The number of rotatable bonds is 6. The van der Waals surface area contributed by atoms with E-state index in [1.54, 1.807) is 24.3 Å². The van der Waals surface area contributed by atoms with Crippen molar-refractivity contribution in [2.24, 2.45) is 11.8 Å². The maximum atomic E-state index is 13.8. The Bertz CT molecular complexity index is 1350. The lowest BCUT2D eigenvalue weighted by Gasteiger charge is -2.45. The number of hydrogen-bond donors (Lipinski definition) is 0. The number of ether oxygens (including phenoxy) is 2. The van der Waals surface area contributed by atoms with Gasteiger partial charge < -0.3 is 9.47 Å². The highest BCUT2D eigenvalue weighted by atomic mass is 16.5. The summed E-state index contributed by atoms with van der Waals surface area (Å²) in [4.78, 5) is 54.1. The van der Waals surface area contributed by atoms with E-state index < -0.39 is 36.2 Å². The predicted molar refractivity (Wildman–Crippen MR) is 133 cm³/mol. The van der Waals surface area contributed by atoms with E-state index >= 15 is 0 Å². The number of Topliss-reactive ketones (excluding diaryl/α,β-unsaturated/α-hetero) is 1. The first-order valence-corrected chi connectivity index (χ1v) is 12.3. The van der Waals surface area contributed by atoms with Gasteiger partial charge in [0.05, 0.1) is 18.9 Å². The van der Waals surface area contributed by atoms with Gasteiger partial charge in [0.1, 0.15) is 11.8 Å². The lowest BCUT2D eigenvalue weighted by atomic mass is 9.55. The molecule has 1 saturated heterocycles. The first-order valence-electron chi connectivity index (χ1n) is 12.3. The molecule has 4 aliphatic rings. The lowest BCUT2D eigenvalue weighted by Crippen LogP contribution is -2.45. The number of hydrogen-bond acceptors (Lipinski definition) is 6. The van der Waals surface area contributed by atoms with E-state index in [4.69, 9.17) is 9.47 Å². The van der Waals surface area contributed by atoms with Gasteiger partial charge in [-0.15, -0.1) is 0 Å². The number of benzene rings is 3. The molecule has 0 N–H and O–H groups in total. The van der Waals surface area contributed by atoms with Crippen molar-refractivity contribution >= 4 is 23.6 Å². The Morgan fingerprint density at radius 1 is 0.811 bits per heavy atom. The van der Waals surface area contributed by atoms with Crippen LogP contribution in [0.1, 0.15) is 51.4 Å². The highest BCUT2D eigenvalue weighted by Gasteiger charge is 2.62. The molecule has 1 fully saturated rings. The van der Waals surface area contributed by atoms with Crippen molar-refractivity contribution in [3.8, 4) is 5.75 Å². The third-order valence-electron chi connectivity index (χ3n) is 7.95. The molecule has 2 amide bonds. The maximum Gasteiger partial charge on any atom is 0.329 e. The largest absolute Gasteiger partial charge is 0.497 e. The van der Waals surface area contributed by atoms with Crippen LogP contribution in [0.4, 0.5) is 0 Å². The predicted octanol–water partition coefficient (Wildman–Crippen LogP) is 3.70. The number of likely N-dealkylation sites (tertiary alicyclic amines) is 1. The van der Waals surface area contributed by atoms with Gasteiger partial charge in [-0.1, -0.05) is 60.7 Å². The highest BCUT2D eigenvalue weighted by molar-refractivity contribution is 6.10. The van der Waals surface area contributed by atoms with Crippen LogP contribution in [0, 0.1) is 11.8 Å². The zero-order valence-electron chi connectivity index (χ0n) is 20.4. The second-order valence-electron chi connectivity index (χ2n) is 9.75. The molecule has 186 valence electrons. The van der Waals surface area contributed by atoms with Crippen LogP contribution in [-0.4, -0.2) is 48.2 Å². The number of nitrogens with zero attached hydrogens (tertiary/aromatic N) is 1. The van der Waals surface area contributed by atoms with E-state index in [1.807, 2.05) is 48.5 Å². The molecule has 7 rings (SSSR count). The van der Waals surface area contributed by atoms with Crippen LogP contribution in [0.25, 0.3) is 0 Å². The Hall–Kier alpha value is -4.26. The van der Waals surface area contributed by atoms with Crippen LogP contribution >= 0.6 is 0 Å². The molecule has 0 spiro atoms. The zero-order chi connectivity index (χ0) is 25.8. The van der Waals surface area contributed by atoms with Crippen molar-refractivity contribution < 1.29 is 28.7 Å². The molecule has 3 atom stereocenters. The fourth-order valence-electron chi connectivity index (χ4n) is 6.32. The summed E-state index contributed by atoms with van der Waals surface area (Å²) in [6, 6.07) is 21.3. The molecule has 7 nitrogen and oxygen atoms in total. The van der Waals surface area contributed by atoms with E-state index in [1.165, 1.54) is 14.0 Å². The van der Waals surface area contributed by atoms with Gasteiger partial charge in [-0.2, -0.15) is 0 Å². The van der Waals surface area contributed by atoms with Crippen LogP contribution < -0.4 is 4.74 Å². The van der Waals surface area contributed by atoms with E-state index in [-0.39, 0.29) is 23.7 Å². The van der Waals surface area contributed by atoms with Crippen molar-refractivity contribution in [3.05, 3.63) is 101 Å². The monoisotopic (exact) mass is 495 g/mol. The Balaban J connectivity index is 1.25. The maximum absolute atomic E-state index is 13.8. The standard InChI is InChI=1S/C30H25NO6/c1-16(30(35)37-15-23(32)17-8-7-9-18(14-17)36-2)31-28(33)26-24-19-10-3-4-11-20(19)25(27(26)29(31)34)22-13-6-5-12-21(22)24/h3-14,16,24-27H,15H2,1-2H3. The molecule has 37 heavy (non-hydrogen) atoms. The highest BCUT2D eigenvalue weighted by Crippen LogP contribution is 2.61. The van der Waals surface area contributed by atoms with Gasteiger partial charge in [-0.05, 0) is 41.3 Å². The molecule has 0 radical (unpaired) electrons. The molecule has 3 aliphatic carbocycles. The van der Waals surface area contributed by atoms with Gasteiger partial charge in [0.2, 0.25) is 11.8 Å². The smallest absolute Gasteiger partial charge is 0.329 e. The summed E-state index contributed by atoms with van der Waals surface area (Å²) in [7, 11) is 1.50. The second-order valence-corrected chi connectivity index (χ2v) is 9.75. The molecule has 0 saturated carbocycles. The minimum atomic E-state index is -1.14. The van der Waals surface area contributed by atoms with Crippen LogP contribution in [-0.2, 0) is 19.1 Å². The van der Waals surface area contributed by atoms with Gasteiger partial charge in [0, 0.05) is 17.4 Å². The molecule has 2 bridgehead atoms. The van der Waals surface area contributed by atoms with Crippen LogP contribution in [0.3, 0.4) is 0 Å². The average Bonchev–Trinajstić information content (AvgIpc) is 3.21. The normalized spacial score (nSPS) is 23.7. The number of ketones is 1. The summed E-state index contributed by atoms with van der Waals surface area (Å²) in [6.45, 7) is 0.981. The number of methoxy groups -OCH3 is 1. The fourth-order valence-corrected chi connectivity index (χ4v) is 6.32. The molecule has 3 aromatic carbocycles. The number of carbonyl (C=O) groups excluding carboxylic acids is 4. The van der Waals surface area contributed by atoms with Gasteiger partial charge in [0.25, 0.3) is 0 Å². The summed E-state index contributed by atoms with van der Waals surface area (Å²) >= 11 is 0. The summed E-state index contributed by atoms with van der Waals surface area (Å²) in [5.41, 5.74) is 4.60. The van der Waals surface area contributed by atoms with E-state index in [0.29, 0.717) is 11.3 Å². The van der Waals surface area contributed by atoms with Crippen molar-refractivity contribution in [3.63, 3.8) is 0 Å². The third kappa shape index (κ3) is 3.41. The summed E-state index contributed by atoms with van der Waals surface area (Å²) < 4.78 is 10.4. The Kier molecular flexibility index (Phi) is 5.44. The summed E-state index contributed by atoms with van der Waals surface area (Å²) in [6.07, 6.45) is 0. The van der Waals surface area contributed by atoms with Crippen molar-refractivity contribution in [1.82, 2.24) is 4.90 Å². The van der Waals surface area contributed by atoms with E-state index in [9.17, 15) is 19.2 Å². The van der Waals surface area contributed by atoms with Gasteiger partial charge in [-0.3, -0.25) is 19.3 Å². The molecule has 1 heterocycles. The number of imide groups is 1. The zero-order valence-corrected chi connectivity index (χ0v) is 20.4. The Morgan fingerprint density at radius 3 is 1.81 bits per heavy atom. The molecule has 3 aromatic rings. The van der Waals surface area contributed by atoms with Crippen LogP contribution in [0.15, 0.2) is 72.8 Å². The van der Waals surface area contributed by atoms with Crippen molar-refractivity contribution in [2.75, 3.05) is 13.7 Å². The van der Waals surface area contributed by atoms with E-state index in [2.05, 4.69) is 0 Å². The van der Waals surface area contributed by atoms with Crippen molar-refractivity contribution in [1.29, 1.82) is 0 Å². The Labute approximate surface area is 214 Å². The van der Waals surface area contributed by atoms with E-state index in [0.717, 1.165) is 27.2 Å². The SMILES string of the molecule is COc1cccc(C(=O)COC(=O)C(C)N2C(=O)C3C4c5ccccc5C(c5ccccc54)C3C2=O)c1. The van der Waals surface area contributed by atoms with Crippen molar-refractivity contribution in [2.45, 2.75) is 24.8 Å². The molecule has 3 unspecified atom stereocenters. The molecule has 0 aromatic heterocycles. The van der Waals surface area contributed by atoms with Crippen LogP contribution in [0.2, 0.25) is 0 Å². The first-order chi connectivity index (χ1) is 17.9. The molecule has 1 aliphatic heterocycles. The second kappa shape index (κ2) is 8.69. The molecular formula is C30H25NO6. The van der Waals surface area contributed by atoms with Gasteiger partial charge in [0.15, 0.2) is 12.4 Å². The third-order valence-corrected chi connectivity index (χ3v) is 7.95. The number of amides is 2. The number of carbonyl (C=O) groups is 4. The first kappa shape index (κ1) is 23.2. The molecular weight excluding hydrogens is 470 g/mol. The lowest BCUT2D eigenvalue weighted by molar-refractivity contribution is -0.157. The Morgan fingerprint density at radius 2 is 1.32 bits per heavy atom.